The van der Waals surface area contributed by atoms with Crippen molar-refractivity contribution in [1.29, 1.82) is 0 Å². The van der Waals surface area contributed by atoms with E-state index in [0.29, 0.717) is 12.1 Å². The Morgan fingerprint density at radius 3 is 2.09 bits per heavy atom. The molecule has 0 saturated carbocycles. The van der Waals surface area contributed by atoms with Gasteiger partial charge < -0.3 is 4.90 Å². The molecule has 0 spiro atoms. The van der Waals surface area contributed by atoms with E-state index < -0.39 is 0 Å². The summed E-state index contributed by atoms with van der Waals surface area (Å²) in [6.07, 6.45) is 4.28. The lowest BCUT2D eigenvalue weighted by molar-refractivity contribution is 0.0684. The Labute approximate surface area is 201 Å². The summed E-state index contributed by atoms with van der Waals surface area (Å²) in [5.41, 5.74) is 7.41. The van der Waals surface area contributed by atoms with Crippen molar-refractivity contribution < 1.29 is 4.79 Å². The van der Waals surface area contributed by atoms with Gasteiger partial charge in [-0.3, -0.25) is 9.78 Å². The second-order valence-electron chi connectivity index (χ2n) is 8.95. The molecule has 0 fully saturated rings. The van der Waals surface area contributed by atoms with E-state index in [2.05, 4.69) is 50.3 Å². The van der Waals surface area contributed by atoms with Gasteiger partial charge in [0, 0.05) is 29.8 Å². The molecule has 4 aromatic rings. The number of benzene rings is 3. The smallest absolute Gasteiger partial charge is 0.254 e. The van der Waals surface area contributed by atoms with E-state index in [4.69, 9.17) is 4.98 Å². The lowest BCUT2D eigenvalue weighted by Gasteiger charge is -2.39. The van der Waals surface area contributed by atoms with Gasteiger partial charge in [0.1, 0.15) is 0 Å². The minimum atomic E-state index is -0.0807. The van der Waals surface area contributed by atoms with E-state index >= 15 is 0 Å². The van der Waals surface area contributed by atoms with Crippen molar-refractivity contribution >= 4 is 5.91 Å². The van der Waals surface area contributed by atoms with Crippen LogP contribution in [0.15, 0.2) is 115 Å². The normalized spacial score (nSPS) is 17.8. The summed E-state index contributed by atoms with van der Waals surface area (Å²) in [6, 6.07) is 32.3. The maximum absolute atomic E-state index is 13.7. The number of amides is 1. The molecule has 1 aliphatic rings. The van der Waals surface area contributed by atoms with Gasteiger partial charge in [0.2, 0.25) is 0 Å². The van der Waals surface area contributed by atoms with Crippen molar-refractivity contribution in [2.75, 3.05) is 6.54 Å². The minimum Gasteiger partial charge on any atom is -0.327 e. The minimum absolute atomic E-state index is 0.0532. The standard InChI is InChI=1S/C31H28N2O/c1-22-18-27(20-32-29(22)24-12-6-3-7-13-24)28-19-23(2)30(25-14-8-4-9-15-25)33(21-28)31(34)26-16-10-5-11-17-26/h3-20,28,30H,21H2,1-2H3/t28-,30-/m1/s1. The summed E-state index contributed by atoms with van der Waals surface area (Å²) in [4.78, 5) is 20.5. The number of pyridine rings is 1. The first kappa shape index (κ1) is 21.8. The van der Waals surface area contributed by atoms with Crippen molar-refractivity contribution in [3.63, 3.8) is 0 Å². The van der Waals surface area contributed by atoms with Gasteiger partial charge >= 0.3 is 0 Å². The number of carbonyl (C=O) groups excluding carboxylic acids is 1. The van der Waals surface area contributed by atoms with Gasteiger partial charge in [-0.2, -0.15) is 0 Å². The Kier molecular flexibility index (Phi) is 6.09. The summed E-state index contributed by atoms with van der Waals surface area (Å²) in [5.74, 6) is 0.140. The average molecular weight is 445 g/mol. The molecule has 5 rings (SSSR count). The molecule has 3 nitrogen and oxygen atoms in total. The van der Waals surface area contributed by atoms with Gasteiger partial charge in [0.25, 0.3) is 5.91 Å². The highest BCUT2D eigenvalue weighted by Gasteiger charge is 2.33. The Bertz CT molecular complexity index is 1310. The van der Waals surface area contributed by atoms with Crippen LogP contribution in [-0.2, 0) is 0 Å². The zero-order valence-corrected chi connectivity index (χ0v) is 19.6. The topological polar surface area (TPSA) is 33.2 Å². The molecular weight excluding hydrogens is 416 g/mol. The fourth-order valence-electron chi connectivity index (χ4n) is 4.95. The largest absolute Gasteiger partial charge is 0.327 e. The number of hydrogen-bond acceptors (Lipinski definition) is 2. The van der Waals surface area contributed by atoms with Crippen LogP contribution in [0, 0.1) is 6.92 Å². The number of aryl methyl sites for hydroxylation is 1. The molecule has 3 heteroatoms. The van der Waals surface area contributed by atoms with E-state index in [1.165, 1.54) is 5.57 Å². The summed E-state index contributed by atoms with van der Waals surface area (Å²) in [7, 11) is 0. The van der Waals surface area contributed by atoms with Crippen LogP contribution in [0.25, 0.3) is 11.3 Å². The first-order valence-electron chi connectivity index (χ1n) is 11.7. The number of carbonyl (C=O) groups is 1. The third kappa shape index (κ3) is 4.29. The number of aromatic nitrogens is 1. The molecule has 0 saturated heterocycles. The van der Waals surface area contributed by atoms with E-state index in [9.17, 15) is 4.79 Å². The number of hydrogen-bond donors (Lipinski definition) is 0. The second-order valence-corrected chi connectivity index (χ2v) is 8.95. The summed E-state index contributed by atoms with van der Waals surface area (Å²) >= 11 is 0. The van der Waals surface area contributed by atoms with E-state index in [1.54, 1.807) is 0 Å². The van der Waals surface area contributed by atoms with E-state index in [0.717, 1.165) is 27.9 Å². The SMILES string of the molecule is CC1=C[C@@H](c2cnc(-c3ccccc3)c(C)c2)CN(C(=O)c2ccccc2)[C@H]1c1ccccc1. The fourth-order valence-corrected chi connectivity index (χ4v) is 4.95. The third-order valence-electron chi connectivity index (χ3n) is 6.57. The molecule has 168 valence electrons. The molecule has 0 bridgehead atoms. The van der Waals surface area contributed by atoms with Crippen LogP contribution in [0.1, 0.15) is 45.9 Å². The second kappa shape index (κ2) is 9.48. The first-order chi connectivity index (χ1) is 16.6. The molecule has 1 aromatic heterocycles. The summed E-state index contributed by atoms with van der Waals surface area (Å²) in [6.45, 7) is 4.85. The molecule has 0 unspecified atom stereocenters. The maximum Gasteiger partial charge on any atom is 0.254 e. The van der Waals surface area contributed by atoms with Crippen molar-refractivity contribution in [3.05, 3.63) is 137 Å². The summed E-state index contributed by atoms with van der Waals surface area (Å²) < 4.78 is 0. The Morgan fingerprint density at radius 1 is 0.824 bits per heavy atom. The zero-order chi connectivity index (χ0) is 23.5. The number of rotatable bonds is 4. The fraction of sp³-hybridized carbons (Fsp3) is 0.161. The van der Waals surface area contributed by atoms with Gasteiger partial charge in [0.05, 0.1) is 11.7 Å². The van der Waals surface area contributed by atoms with Crippen LogP contribution in [-0.4, -0.2) is 22.3 Å². The maximum atomic E-state index is 13.7. The van der Waals surface area contributed by atoms with Gasteiger partial charge in [-0.15, -0.1) is 0 Å². The molecule has 0 aliphatic carbocycles. The van der Waals surface area contributed by atoms with Gasteiger partial charge in [-0.1, -0.05) is 91.0 Å². The van der Waals surface area contributed by atoms with Gasteiger partial charge in [0.15, 0.2) is 0 Å². The lowest BCUT2D eigenvalue weighted by atomic mass is 9.86. The molecule has 0 N–H and O–H groups in total. The monoisotopic (exact) mass is 444 g/mol. The Balaban J connectivity index is 1.53. The Hall–Kier alpha value is -3.98. The van der Waals surface area contributed by atoms with Crippen molar-refractivity contribution in [2.45, 2.75) is 25.8 Å². The lowest BCUT2D eigenvalue weighted by Crippen LogP contribution is -2.41. The van der Waals surface area contributed by atoms with Crippen LogP contribution in [0.4, 0.5) is 0 Å². The Morgan fingerprint density at radius 2 is 1.44 bits per heavy atom. The van der Waals surface area contributed by atoms with Crippen LogP contribution in [0.3, 0.4) is 0 Å². The predicted octanol–water partition coefficient (Wildman–Crippen LogP) is 6.98. The predicted molar refractivity (Wildman–Crippen MR) is 138 cm³/mol. The summed E-state index contributed by atoms with van der Waals surface area (Å²) in [5, 5.41) is 0. The first-order valence-corrected chi connectivity index (χ1v) is 11.7. The molecule has 3 aromatic carbocycles. The average Bonchev–Trinajstić information content (AvgIpc) is 2.89. The van der Waals surface area contributed by atoms with Crippen LogP contribution in [0.2, 0.25) is 0 Å². The molecule has 1 aliphatic heterocycles. The van der Waals surface area contributed by atoms with Crippen molar-refractivity contribution in [2.24, 2.45) is 0 Å². The highest BCUT2D eigenvalue weighted by molar-refractivity contribution is 5.95. The molecule has 34 heavy (non-hydrogen) atoms. The van der Waals surface area contributed by atoms with E-state index in [1.807, 2.05) is 77.8 Å². The zero-order valence-electron chi connectivity index (χ0n) is 19.6. The van der Waals surface area contributed by atoms with Crippen LogP contribution < -0.4 is 0 Å². The third-order valence-corrected chi connectivity index (χ3v) is 6.57. The van der Waals surface area contributed by atoms with Gasteiger partial charge in [-0.25, -0.2) is 0 Å². The van der Waals surface area contributed by atoms with Crippen molar-refractivity contribution in [1.82, 2.24) is 9.88 Å². The number of nitrogens with zero attached hydrogens (tertiary/aromatic N) is 2. The van der Waals surface area contributed by atoms with Gasteiger partial charge in [-0.05, 0) is 48.2 Å². The highest BCUT2D eigenvalue weighted by Crippen LogP contribution is 2.38. The van der Waals surface area contributed by atoms with E-state index in [-0.39, 0.29) is 17.9 Å². The van der Waals surface area contributed by atoms with Crippen molar-refractivity contribution in [3.8, 4) is 11.3 Å². The molecule has 2 heterocycles. The van der Waals surface area contributed by atoms with Crippen LogP contribution >= 0.6 is 0 Å². The molecule has 2 atom stereocenters. The highest BCUT2D eigenvalue weighted by atomic mass is 16.2. The van der Waals surface area contributed by atoms with Crippen LogP contribution in [0.5, 0.6) is 0 Å². The molecule has 1 amide bonds. The molecular formula is C31H28N2O. The molecule has 0 radical (unpaired) electrons. The quantitative estimate of drug-likeness (QED) is 0.318.